The minimum atomic E-state index is -0.461. The molecule has 2 N–H and O–H groups in total. The van der Waals surface area contributed by atoms with Gasteiger partial charge < -0.3 is 20.4 Å². The third-order valence-electron chi connectivity index (χ3n) is 5.18. The normalized spacial score (nSPS) is 10.5. The zero-order valence-electron chi connectivity index (χ0n) is 19.4. The molecule has 0 heterocycles. The molecule has 0 saturated heterocycles. The number of halogens is 2. The highest BCUT2D eigenvalue weighted by Gasteiger charge is 2.18. The zero-order valence-corrected chi connectivity index (χ0v) is 19.4. The Morgan fingerprint density at radius 3 is 2.18 bits per heavy atom. The van der Waals surface area contributed by atoms with Crippen molar-refractivity contribution in [3.05, 3.63) is 89.5 Å². The first kappa shape index (κ1) is 24.7. The van der Waals surface area contributed by atoms with E-state index in [2.05, 4.69) is 10.6 Å². The van der Waals surface area contributed by atoms with Crippen LogP contribution in [-0.4, -0.2) is 30.9 Å². The maximum absolute atomic E-state index is 13.6. The molecule has 0 atom stereocenters. The van der Waals surface area contributed by atoms with Gasteiger partial charge in [0.05, 0.1) is 0 Å². The fourth-order valence-electron chi connectivity index (χ4n) is 3.46. The summed E-state index contributed by atoms with van der Waals surface area (Å²) in [4.78, 5) is 28.6. The van der Waals surface area contributed by atoms with Crippen molar-refractivity contribution in [3.8, 4) is 0 Å². The largest absolute Gasteiger partial charge is 0.377 e. The van der Waals surface area contributed by atoms with Gasteiger partial charge in [0.2, 0.25) is 5.91 Å². The number of benzene rings is 3. The summed E-state index contributed by atoms with van der Waals surface area (Å²) >= 11 is 0. The number of urea groups is 1. The van der Waals surface area contributed by atoms with E-state index in [1.54, 1.807) is 30.0 Å². The number of hydrogen-bond donors (Lipinski definition) is 2. The molecule has 3 aromatic carbocycles. The summed E-state index contributed by atoms with van der Waals surface area (Å²) in [6.07, 6.45) is 0.345. The van der Waals surface area contributed by atoms with Crippen molar-refractivity contribution in [1.82, 2.24) is 4.90 Å². The molecule has 0 spiro atoms. The van der Waals surface area contributed by atoms with Crippen LogP contribution in [-0.2, 0) is 17.9 Å². The standard InChI is InChI=1S/C26H28F2N4O2/c1-4-25(33)29-23-12-13-24(31(2)3)19(14-23)17-32(16-18-8-10-20(27)11-9-18)26(34)30-22-7-5-6-21(28)15-22/h5-15H,4,16-17H2,1-3H3,(H,29,33)(H,30,34). The van der Waals surface area contributed by atoms with E-state index in [0.717, 1.165) is 16.8 Å². The van der Waals surface area contributed by atoms with Gasteiger partial charge in [-0.25, -0.2) is 13.6 Å². The van der Waals surface area contributed by atoms with E-state index in [-0.39, 0.29) is 24.8 Å². The van der Waals surface area contributed by atoms with Gasteiger partial charge >= 0.3 is 6.03 Å². The highest BCUT2D eigenvalue weighted by atomic mass is 19.1. The van der Waals surface area contributed by atoms with E-state index in [1.165, 1.54) is 30.3 Å². The first-order chi connectivity index (χ1) is 16.2. The van der Waals surface area contributed by atoms with Crippen LogP contribution in [0.2, 0.25) is 0 Å². The molecular weight excluding hydrogens is 438 g/mol. The minimum absolute atomic E-state index is 0.115. The number of carbonyl (C=O) groups is 2. The highest BCUT2D eigenvalue weighted by Crippen LogP contribution is 2.26. The van der Waals surface area contributed by atoms with Crippen molar-refractivity contribution in [2.24, 2.45) is 0 Å². The lowest BCUT2D eigenvalue weighted by Crippen LogP contribution is -2.34. The maximum atomic E-state index is 13.6. The predicted molar refractivity (Wildman–Crippen MR) is 131 cm³/mol. The number of nitrogens with one attached hydrogen (secondary N) is 2. The molecule has 0 radical (unpaired) electrons. The predicted octanol–water partition coefficient (Wildman–Crippen LogP) is 5.61. The summed E-state index contributed by atoms with van der Waals surface area (Å²) in [5.74, 6) is -0.943. The van der Waals surface area contributed by atoms with Gasteiger partial charge in [-0.2, -0.15) is 0 Å². The average molecular weight is 467 g/mol. The third-order valence-corrected chi connectivity index (χ3v) is 5.18. The third kappa shape index (κ3) is 6.78. The second kappa shape index (κ2) is 11.3. The van der Waals surface area contributed by atoms with Gasteiger partial charge in [0.1, 0.15) is 11.6 Å². The Bertz CT molecular complexity index is 1150. The molecule has 0 unspecified atom stereocenters. The Morgan fingerprint density at radius 2 is 1.53 bits per heavy atom. The molecule has 34 heavy (non-hydrogen) atoms. The molecule has 0 fully saturated rings. The zero-order chi connectivity index (χ0) is 24.7. The van der Waals surface area contributed by atoms with E-state index < -0.39 is 11.8 Å². The van der Waals surface area contributed by atoms with E-state index in [9.17, 15) is 18.4 Å². The molecule has 0 aliphatic rings. The minimum Gasteiger partial charge on any atom is -0.377 e. The van der Waals surface area contributed by atoms with E-state index in [0.29, 0.717) is 17.8 Å². The number of anilines is 3. The molecule has 0 aliphatic heterocycles. The van der Waals surface area contributed by atoms with Gasteiger partial charge in [-0.05, 0) is 59.7 Å². The molecule has 0 aliphatic carbocycles. The lowest BCUT2D eigenvalue weighted by Gasteiger charge is -2.27. The fourth-order valence-corrected chi connectivity index (χ4v) is 3.46. The van der Waals surface area contributed by atoms with Crippen LogP contribution in [0, 0.1) is 11.6 Å². The lowest BCUT2D eigenvalue weighted by atomic mass is 10.1. The summed E-state index contributed by atoms with van der Waals surface area (Å²) in [6, 6.07) is 16.6. The van der Waals surface area contributed by atoms with Crippen LogP contribution in [0.25, 0.3) is 0 Å². The number of hydrogen-bond acceptors (Lipinski definition) is 3. The summed E-state index contributed by atoms with van der Waals surface area (Å²) in [6.45, 7) is 2.16. The molecule has 3 amide bonds. The van der Waals surface area contributed by atoms with Gasteiger partial charge in [0.25, 0.3) is 0 Å². The topological polar surface area (TPSA) is 64.7 Å². The smallest absolute Gasteiger partial charge is 0.322 e. The van der Waals surface area contributed by atoms with Crippen LogP contribution in [0.1, 0.15) is 24.5 Å². The Balaban J connectivity index is 1.93. The number of nitrogens with zero attached hydrogens (tertiary/aromatic N) is 2. The molecule has 6 nitrogen and oxygen atoms in total. The van der Waals surface area contributed by atoms with E-state index in [4.69, 9.17) is 0 Å². The molecule has 3 aromatic rings. The van der Waals surface area contributed by atoms with Crippen LogP contribution in [0.5, 0.6) is 0 Å². The van der Waals surface area contributed by atoms with Crippen molar-refractivity contribution < 1.29 is 18.4 Å². The summed E-state index contributed by atoms with van der Waals surface area (Å²) in [7, 11) is 3.78. The van der Waals surface area contributed by atoms with Crippen LogP contribution in [0.4, 0.5) is 30.6 Å². The monoisotopic (exact) mass is 466 g/mol. The fraction of sp³-hybridized carbons (Fsp3) is 0.231. The first-order valence-corrected chi connectivity index (χ1v) is 10.9. The van der Waals surface area contributed by atoms with Crippen molar-refractivity contribution >= 4 is 29.0 Å². The molecular formula is C26H28F2N4O2. The Kier molecular flexibility index (Phi) is 8.19. The van der Waals surface area contributed by atoms with Crippen LogP contribution < -0.4 is 15.5 Å². The summed E-state index contributed by atoms with van der Waals surface area (Å²) in [5, 5.41) is 5.57. The second-order valence-corrected chi connectivity index (χ2v) is 8.06. The summed E-state index contributed by atoms with van der Waals surface area (Å²) in [5.41, 5.74) is 3.36. The van der Waals surface area contributed by atoms with Gasteiger partial charge in [-0.15, -0.1) is 0 Å². The highest BCUT2D eigenvalue weighted by molar-refractivity contribution is 5.91. The Labute approximate surface area is 198 Å². The van der Waals surface area contributed by atoms with Gasteiger partial charge in [-0.1, -0.05) is 25.1 Å². The molecule has 0 saturated carbocycles. The molecule has 0 bridgehead atoms. The van der Waals surface area contributed by atoms with Crippen molar-refractivity contribution in [2.45, 2.75) is 26.4 Å². The SMILES string of the molecule is CCC(=O)Nc1ccc(N(C)C)c(CN(Cc2ccc(F)cc2)C(=O)Nc2cccc(F)c2)c1. The van der Waals surface area contributed by atoms with E-state index in [1.807, 2.05) is 37.2 Å². The second-order valence-electron chi connectivity index (χ2n) is 8.06. The molecule has 3 rings (SSSR count). The molecule has 8 heteroatoms. The number of amides is 3. The first-order valence-electron chi connectivity index (χ1n) is 10.9. The van der Waals surface area contributed by atoms with E-state index >= 15 is 0 Å². The maximum Gasteiger partial charge on any atom is 0.322 e. The van der Waals surface area contributed by atoms with Gasteiger partial charge in [-0.3, -0.25) is 4.79 Å². The Morgan fingerprint density at radius 1 is 0.824 bits per heavy atom. The summed E-state index contributed by atoms with van der Waals surface area (Å²) < 4.78 is 27.0. The van der Waals surface area contributed by atoms with Crippen LogP contribution >= 0.6 is 0 Å². The lowest BCUT2D eigenvalue weighted by molar-refractivity contribution is -0.115. The van der Waals surface area contributed by atoms with Crippen LogP contribution in [0.15, 0.2) is 66.7 Å². The average Bonchev–Trinajstić information content (AvgIpc) is 2.80. The number of carbonyl (C=O) groups excluding carboxylic acids is 2. The van der Waals surface area contributed by atoms with Crippen molar-refractivity contribution in [3.63, 3.8) is 0 Å². The van der Waals surface area contributed by atoms with Gasteiger partial charge in [0.15, 0.2) is 0 Å². The van der Waals surface area contributed by atoms with Gasteiger partial charge in [0, 0.05) is 50.7 Å². The number of rotatable bonds is 8. The van der Waals surface area contributed by atoms with Crippen molar-refractivity contribution in [1.29, 1.82) is 0 Å². The molecule has 178 valence electrons. The Hall–Kier alpha value is -3.94. The van der Waals surface area contributed by atoms with Crippen LogP contribution in [0.3, 0.4) is 0 Å². The van der Waals surface area contributed by atoms with Crippen molar-refractivity contribution in [2.75, 3.05) is 29.6 Å². The quantitative estimate of drug-likeness (QED) is 0.453. The molecule has 0 aromatic heterocycles.